The molecule has 154 valence electrons. The Morgan fingerprint density at radius 2 is 1.80 bits per heavy atom. The van der Waals surface area contributed by atoms with E-state index in [4.69, 9.17) is 4.74 Å². The van der Waals surface area contributed by atoms with Crippen molar-refractivity contribution in [3.05, 3.63) is 82.9 Å². The van der Waals surface area contributed by atoms with E-state index in [9.17, 15) is 13.2 Å². The van der Waals surface area contributed by atoms with E-state index in [1.807, 2.05) is 36.4 Å². The summed E-state index contributed by atoms with van der Waals surface area (Å²) in [5.74, 6) is 0.569. The minimum Gasteiger partial charge on any atom is -0.493 e. The second-order valence-corrected chi connectivity index (χ2v) is 9.25. The smallest absolute Gasteiger partial charge is 0.274 e. The minimum atomic E-state index is -3.40. The zero-order valence-corrected chi connectivity index (χ0v) is 17.6. The van der Waals surface area contributed by atoms with Gasteiger partial charge in [0.1, 0.15) is 11.3 Å². The summed E-state index contributed by atoms with van der Waals surface area (Å²) in [5, 5.41) is 0.719. The lowest BCUT2D eigenvalue weighted by atomic mass is 10.0. The number of rotatable bonds is 6. The van der Waals surface area contributed by atoms with Crippen molar-refractivity contribution in [3.63, 3.8) is 0 Å². The molecule has 1 N–H and O–H groups in total. The zero-order chi connectivity index (χ0) is 21.3. The summed E-state index contributed by atoms with van der Waals surface area (Å²) >= 11 is 0. The molecule has 6 nitrogen and oxygen atoms in total. The second kappa shape index (κ2) is 7.84. The lowest BCUT2D eigenvalue weighted by Gasteiger charge is -2.13. The molecule has 0 atom stereocenters. The Morgan fingerprint density at radius 1 is 1.03 bits per heavy atom. The van der Waals surface area contributed by atoms with Gasteiger partial charge in [-0.2, -0.15) is 0 Å². The van der Waals surface area contributed by atoms with E-state index >= 15 is 0 Å². The van der Waals surface area contributed by atoms with Gasteiger partial charge in [0.2, 0.25) is 0 Å². The van der Waals surface area contributed by atoms with E-state index in [0.29, 0.717) is 23.4 Å². The lowest BCUT2D eigenvalue weighted by molar-refractivity contribution is 0.323. The normalized spacial score (nSPS) is 11.7. The molecule has 0 spiro atoms. The van der Waals surface area contributed by atoms with Crippen molar-refractivity contribution in [1.29, 1.82) is 0 Å². The topological polar surface area (TPSA) is 81.2 Å². The van der Waals surface area contributed by atoms with Gasteiger partial charge in [-0.05, 0) is 29.8 Å². The number of hydrogen-bond donors (Lipinski definition) is 1. The van der Waals surface area contributed by atoms with Crippen LogP contribution in [0.25, 0.3) is 22.0 Å². The fraction of sp³-hybridized carbons (Fsp3) is 0.174. The highest BCUT2D eigenvalue weighted by Crippen LogP contribution is 2.36. The number of nitrogens with one attached hydrogen (secondary N) is 1. The van der Waals surface area contributed by atoms with E-state index in [1.54, 1.807) is 37.6 Å². The molecule has 0 amide bonds. The van der Waals surface area contributed by atoms with Gasteiger partial charge in [-0.1, -0.05) is 30.3 Å². The number of H-pyrrole nitrogens is 1. The van der Waals surface area contributed by atoms with Crippen molar-refractivity contribution in [2.24, 2.45) is 7.05 Å². The SMILES string of the molecule is Cn1ccc2c(-c3cc(S(C)(=O)=O)ccc3OCCc3ccccc3)c[nH]c2c1=O. The van der Waals surface area contributed by atoms with Gasteiger partial charge < -0.3 is 14.3 Å². The fourth-order valence-electron chi connectivity index (χ4n) is 3.44. The molecule has 0 aliphatic rings. The quantitative estimate of drug-likeness (QED) is 0.515. The number of pyridine rings is 1. The molecule has 7 heteroatoms. The van der Waals surface area contributed by atoms with Gasteiger partial charge in [0, 0.05) is 48.6 Å². The number of aromatic amines is 1. The standard InChI is InChI=1S/C23H22N2O4S/c1-25-12-10-18-20(15-24-22(18)23(25)26)19-14-17(30(2,27)28)8-9-21(19)29-13-11-16-6-4-3-5-7-16/h3-10,12,14-15,24H,11,13H2,1-2H3. The Hall–Kier alpha value is -3.32. The Labute approximate surface area is 174 Å². The summed E-state index contributed by atoms with van der Waals surface area (Å²) in [6.07, 6.45) is 5.31. The summed E-state index contributed by atoms with van der Waals surface area (Å²) in [4.78, 5) is 15.6. The van der Waals surface area contributed by atoms with Gasteiger partial charge in [0.15, 0.2) is 9.84 Å². The number of sulfone groups is 1. The van der Waals surface area contributed by atoms with Crippen molar-refractivity contribution in [3.8, 4) is 16.9 Å². The zero-order valence-electron chi connectivity index (χ0n) is 16.8. The van der Waals surface area contributed by atoms with Crippen LogP contribution in [-0.4, -0.2) is 30.8 Å². The molecule has 0 aliphatic carbocycles. The van der Waals surface area contributed by atoms with Crippen LogP contribution in [0, 0.1) is 0 Å². The molecule has 0 aliphatic heterocycles. The molecule has 0 bridgehead atoms. The first-order chi connectivity index (χ1) is 14.3. The average molecular weight is 423 g/mol. The van der Waals surface area contributed by atoms with Gasteiger partial charge in [0.05, 0.1) is 11.5 Å². The molecule has 0 saturated heterocycles. The van der Waals surface area contributed by atoms with E-state index in [1.165, 1.54) is 10.8 Å². The number of nitrogens with zero attached hydrogens (tertiary/aromatic N) is 1. The van der Waals surface area contributed by atoms with E-state index in [2.05, 4.69) is 4.98 Å². The van der Waals surface area contributed by atoms with Crippen LogP contribution in [0.2, 0.25) is 0 Å². The highest BCUT2D eigenvalue weighted by Gasteiger charge is 2.17. The van der Waals surface area contributed by atoms with Gasteiger partial charge in [0.25, 0.3) is 5.56 Å². The maximum atomic E-state index is 12.4. The van der Waals surface area contributed by atoms with E-state index in [0.717, 1.165) is 22.9 Å². The third-order valence-corrected chi connectivity index (χ3v) is 6.19. The second-order valence-electron chi connectivity index (χ2n) is 7.24. The molecular weight excluding hydrogens is 400 g/mol. The Kier molecular flexibility index (Phi) is 5.22. The van der Waals surface area contributed by atoms with E-state index in [-0.39, 0.29) is 10.5 Å². The van der Waals surface area contributed by atoms with Crippen LogP contribution in [0.4, 0.5) is 0 Å². The summed E-state index contributed by atoms with van der Waals surface area (Å²) in [7, 11) is -1.71. The van der Waals surface area contributed by atoms with Crippen LogP contribution in [0.5, 0.6) is 5.75 Å². The molecule has 2 aromatic carbocycles. The first-order valence-corrected chi connectivity index (χ1v) is 11.4. The largest absolute Gasteiger partial charge is 0.493 e. The third-order valence-electron chi connectivity index (χ3n) is 5.08. The highest BCUT2D eigenvalue weighted by atomic mass is 32.2. The Bertz CT molecular complexity index is 1370. The molecule has 0 fully saturated rings. The molecular formula is C23H22N2O4S. The summed E-state index contributed by atoms with van der Waals surface area (Å²) in [5.41, 5.74) is 2.83. The molecule has 2 aromatic heterocycles. The van der Waals surface area contributed by atoms with Gasteiger partial charge in [-0.25, -0.2) is 8.42 Å². The summed E-state index contributed by atoms with van der Waals surface area (Å²) in [6, 6.07) is 16.7. The third kappa shape index (κ3) is 3.89. The van der Waals surface area contributed by atoms with Crippen molar-refractivity contribution in [2.45, 2.75) is 11.3 Å². The van der Waals surface area contributed by atoms with Gasteiger partial charge >= 0.3 is 0 Å². The van der Waals surface area contributed by atoms with Gasteiger partial charge in [-0.15, -0.1) is 0 Å². The average Bonchev–Trinajstić information content (AvgIpc) is 3.15. The summed E-state index contributed by atoms with van der Waals surface area (Å²) < 4.78 is 31.8. The van der Waals surface area contributed by atoms with Gasteiger partial charge in [-0.3, -0.25) is 4.79 Å². The molecule has 0 unspecified atom stereocenters. The summed E-state index contributed by atoms with van der Waals surface area (Å²) in [6.45, 7) is 0.444. The van der Waals surface area contributed by atoms with E-state index < -0.39 is 9.84 Å². The minimum absolute atomic E-state index is 0.149. The van der Waals surface area contributed by atoms with Crippen molar-refractivity contribution in [1.82, 2.24) is 9.55 Å². The monoisotopic (exact) mass is 422 g/mol. The van der Waals surface area contributed by atoms with Crippen molar-refractivity contribution >= 4 is 20.7 Å². The number of benzene rings is 2. The van der Waals surface area contributed by atoms with Crippen LogP contribution in [0.1, 0.15) is 5.56 Å². The molecule has 0 saturated carbocycles. The number of fused-ring (bicyclic) bond motifs is 1. The molecule has 2 heterocycles. The molecule has 0 radical (unpaired) electrons. The van der Waals surface area contributed by atoms with Crippen LogP contribution >= 0.6 is 0 Å². The van der Waals surface area contributed by atoms with Crippen molar-refractivity contribution < 1.29 is 13.2 Å². The maximum Gasteiger partial charge on any atom is 0.274 e. The number of ether oxygens (including phenoxy) is 1. The Balaban J connectivity index is 1.76. The molecule has 4 rings (SSSR count). The predicted molar refractivity (Wildman–Crippen MR) is 118 cm³/mol. The van der Waals surface area contributed by atoms with Crippen LogP contribution in [-0.2, 0) is 23.3 Å². The maximum absolute atomic E-state index is 12.4. The number of aromatic nitrogens is 2. The van der Waals surface area contributed by atoms with Crippen LogP contribution < -0.4 is 10.3 Å². The Morgan fingerprint density at radius 3 is 2.53 bits per heavy atom. The number of aryl methyl sites for hydroxylation is 1. The van der Waals surface area contributed by atoms with Crippen LogP contribution in [0.15, 0.2) is 76.7 Å². The number of hydrogen-bond acceptors (Lipinski definition) is 4. The molecule has 30 heavy (non-hydrogen) atoms. The molecule has 4 aromatic rings. The predicted octanol–water partition coefficient (Wildman–Crippen LogP) is 3.56. The lowest BCUT2D eigenvalue weighted by Crippen LogP contribution is -2.15. The highest BCUT2D eigenvalue weighted by molar-refractivity contribution is 7.90. The van der Waals surface area contributed by atoms with Crippen molar-refractivity contribution in [2.75, 3.05) is 12.9 Å². The first-order valence-electron chi connectivity index (χ1n) is 9.52. The first kappa shape index (κ1) is 20.0. The fourth-order valence-corrected chi connectivity index (χ4v) is 4.08. The van der Waals surface area contributed by atoms with Crippen LogP contribution in [0.3, 0.4) is 0 Å².